The summed E-state index contributed by atoms with van der Waals surface area (Å²) in [6, 6.07) is 4.68. The van der Waals surface area contributed by atoms with E-state index in [0.29, 0.717) is 5.88 Å². The number of carbonyl (C=O) groups is 1. The second-order valence-corrected chi connectivity index (χ2v) is 4.84. The zero-order chi connectivity index (χ0) is 14.5. The van der Waals surface area contributed by atoms with Crippen LogP contribution in [0, 0.1) is 0 Å². The van der Waals surface area contributed by atoms with Crippen molar-refractivity contribution in [2.45, 2.75) is 6.54 Å². The molecule has 2 aromatic rings. The van der Waals surface area contributed by atoms with Crippen LogP contribution >= 0.6 is 11.3 Å². The third kappa shape index (κ3) is 3.33. The maximum absolute atomic E-state index is 11.7. The number of methoxy groups -OCH3 is 1. The summed E-state index contributed by atoms with van der Waals surface area (Å²) in [6.07, 6.45) is 2.56. The van der Waals surface area contributed by atoms with Gasteiger partial charge in [0.25, 0.3) is 5.56 Å². The molecule has 20 heavy (non-hydrogen) atoms. The van der Waals surface area contributed by atoms with Gasteiger partial charge in [-0.05, 0) is 23.1 Å². The molecule has 0 bridgehead atoms. The Labute approximate surface area is 118 Å². The van der Waals surface area contributed by atoms with Crippen molar-refractivity contribution in [3.05, 3.63) is 50.4 Å². The van der Waals surface area contributed by atoms with Gasteiger partial charge in [-0.25, -0.2) is 9.48 Å². The topological polar surface area (TPSA) is 81.4 Å². The first kappa shape index (κ1) is 14.0. The molecule has 6 nitrogen and oxygen atoms in total. The SMILES string of the molecule is COc1ccc(=O)n(Cc2sccc2/C=C/C(=O)O)n1. The summed E-state index contributed by atoms with van der Waals surface area (Å²) in [6.45, 7) is 0.271. The first-order valence-electron chi connectivity index (χ1n) is 5.69. The Hall–Kier alpha value is -2.41. The third-order valence-electron chi connectivity index (χ3n) is 2.53. The molecular weight excluding hydrogens is 280 g/mol. The van der Waals surface area contributed by atoms with Crippen molar-refractivity contribution in [1.82, 2.24) is 9.78 Å². The summed E-state index contributed by atoms with van der Waals surface area (Å²) in [7, 11) is 1.48. The molecule has 1 N–H and O–H groups in total. The van der Waals surface area contributed by atoms with E-state index in [2.05, 4.69) is 5.10 Å². The maximum atomic E-state index is 11.7. The predicted octanol–water partition coefficient (Wildman–Crippen LogP) is 1.46. The molecule has 2 aromatic heterocycles. The van der Waals surface area contributed by atoms with Gasteiger partial charge in [-0.3, -0.25) is 4.79 Å². The van der Waals surface area contributed by atoms with Crippen molar-refractivity contribution in [1.29, 1.82) is 0 Å². The van der Waals surface area contributed by atoms with E-state index >= 15 is 0 Å². The van der Waals surface area contributed by atoms with Gasteiger partial charge >= 0.3 is 5.97 Å². The summed E-state index contributed by atoms with van der Waals surface area (Å²) in [5.74, 6) is -0.664. The third-order valence-corrected chi connectivity index (χ3v) is 3.45. The molecule has 0 aromatic carbocycles. The van der Waals surface area contributed by atoms with Gasteiger partial charge in [-0.2, -0.15) is 0 Å². The van der Waals surface area contributed by atoms with Crippen molar-refractivity contribution in [2.24, 2.45) is 0 Å². The highest BCUT2D eigenvalue weighted by atomic mass is 32.1. The van der Waals surface area contributed by atoms with Crippen molar-refractivity contribution >= 4 is 23.4 Å². The fourth-order valence-corrected chi connectivity index (χ4v) is 2.42. The zero-order valence-electron chi connectivity index (χ0n) is 10.6. The second-order valence-electron chi connectivity index (χ2n) is 3.84. The molecule has 104 valence electrons. The Morgan fingerprint density at radius 3 is 3.00 bits per heavy atom. The van der Waals surface area contributed by atoms with Crippen LogP contribution in [0.15, 0.2) is 34.4 Å². The molecule has 0 unspecified atom stereocenters. The Kier molecular flexibility index (Phi) is 4.31. The minimum absolute atomic E-state index is 0.243. The van der Waals surface area contributed by atoms with Gasteiger partial charge in [0.15, 0.2) is 0 Å². The van der Waals surface area contributed by atoms with Gasteiger partial charge in [0.2, 0.25) is 5.88 Å². The van der Waals surface area contributed by atoms with Crippen LogP contribution in [0.3, 0.4) is 0 Å². The highest BCUT2D eigenvalue weighted by molar-refractivity contribution is 7.10. The molecule has 0 aliphatic rings. The number of carboxylic acid groups (broad SMARTS) is 1. The van der Waals surface area contributed by atoms with E-state index in [0.717, 1.165) is 16.5 Å². The monoisotopic (exact) mass is 292 g/mol. The second kappa shape index (κ2) is 6.16. The average Bonchev–Trinajstić information content (AvgIpc) is 2.86. The molecule has 0 saturated heterocycles. The lowest BCUT2D eigenvalue weighted by Gasteiger charge is -2.05. The van der Waals surface area contributed by atoms with Gasteiger partial charge in [0.05, 0.1) is 13.7 Å². The van der Waals surface area contributed by atoms with E-state index in [9.17, 15) is 9.59 Å². The fourth-order valence-electron chi connectivity index (χ4n) is 1.58. The van der Waals surface area contributed by atoms with Gasteiger partial charge in [0.1, 0.15) is 0 Å². The molecule has 7 heteroatoms. The first-order chi connectivity index (χ1) is 9.60. The molecule has 0 amide bonds. The maximum Gasteiger partial charge on any atom is 0.328 e. The van der Waals surface area contributed by atoms with E-state index in [1.807, 2.05) is 5.38 Å². The van der Waals surface area contributed by atoms with Crippen LogP contribution in [0.5, 0.6) is 5.88 Å². The van der Waals surface area contributed by atoms with Crippen molar-refractivity contribution in [3.8, 4) is 5.88 Å². The number of hydrogen-bond acceptors (Lipinski definition) is 5. The lowest BCUT2D eigenvalue weighted by atomic mass is 10.2. The number of aromatic nitrogens is 2. The Morgan fingerprint density at radius 1 is 1.50 bits per heavy atom. The van der Waals surface area contributed by atoms with Crippen molar-refractivity contribution in [2.75, 3.05) is 7.11 Å². The Balaban J connectivity index is 2.29. The lowest BCUT2D eigenvalue weighted by molar-refractivity contribution is -0.131. The minimum Gasteiger partial charge on any atom is -0.480 e. The van der Waals surface area contributed by atoms with Crippen LogP contribution in [0.25, 0.3) is 6.08 Å². The molecular formula is C13H12N2O4S. The number of nitrogens with zero attached hydrogens (tertiary/aromatic N) is 2. The summed E-state index contributed by atoms with van der Waals surface area (Å²) in [5, 5.41) is 14.5. The van der Waals surface area contributed by atoms with E-state index in [-0.39, 0.29) is 12.1 Å². The molecule has 0 aliphatic heterocycles. The van der Waals surface area contributed by atoms with E-state index in [1.54, 1.807) is 6.07 Å². The number of ether oxygens (including phenoxy) is 1. The highest BCUT2D eigenvalue weighted by Crippen LogP contribution is 2.19. The zero-order valence-corrected chi connectivity index (χ0v) is 11.5. The van der Waals surface area contributed by atoms with E-state index in [1.165, 1.54) is 41.3 Å². The quantitative estimate of drug-likeness (QED) is 0.844. The van der Waals surface area contributed by atoms with Crippen molar-refractivity contribution < 1.29 is 14.6 Å². The minimum atomic E-state index is -1.01. The normalized spacial score (nSPS) is 10.8. The van der Waals surface area contributed by atoms with E-state index in [4.69, 9.17) is 9.84 Å². The van der Waals surface area contributed by atoms with Gasteiger partial charge < -0.3 is 9.84 Å². The molecule has 0 spiro atoms. The fraction of sp³-hybridized carbons (Fsp3) is 0.154. The Morgan fingerprint density at radius 2 is 2.30 bits per heavy atom. The number of rotatable bonds is 5. The van der Waals surface area contributed by atoms with Crippen LogP contribution < -0.4 is 10.3 Å². The number of hydrogen-bond donors (Lipinski definition) is 1. The van der Waals surface area contributed by atoms with Crippen LogP contribution in [-0.4, -0.2) is 28.0 Å². The smallest absolute Gasteiger partial charge is 0.328 e. The lowest BCUT2D eigenvalue weighted by Crippen LogP contribution is -2.22. The summed E-state index contributed by atoms with van der Waals surface area (Å²) in [5.41, 5.74) is 0.515. The number of aliphatic carboxylic acids is 1. The Bertz CT molecular complexity index is 702. The summed E-state index contributed by atoms with van der Waals surface area (Å²) < 4.78 is 6.26. The molecule has 0 radical (unpaired) electrons. The average molecular weight is 292 g/mol. The number of thiophene rings is 1. The molecule has 0 saturated carbocycles. The van der Waals surface area contributed by atoms with E-state index < -0.39 is 5.97 Å². The molecule has 2 rings (SSSR count). The van der Waals surface area contributed by atoms with Gasteiger partial charge in [-0.15, -0.1) is 16.4 Å². The van der Waals surface area contributed by atoms with Crippen LogP contribution in [0.2, 0.25) is 0 Å². The number of carboxylic acids is 1. The highest BCUT2D eigenvalue weighted by Gasteiger charge is 2.06. The van der Waals surface area contributed by atoms with Gasteiger partial charge in [-0.1, -0.05) is 0 Å². The van der Waals surface area contributed by atoms with Crippen LogP contribution in [0.1, 0.15) is 10.4 Å². The standard InChI is InChI=1S/C13H12N2O4S/c1-19-11-3-4-12(16)15(14-11)8-10-9(6-7-20-10)2-5-13(17)18/h2-7H,8H2,1H3,(H,17,18)/b5-2+. The molecule has 0 aliphatic carbocycles. The largest absolute Gasteiger partial charge is 0.480 e. The molecule has 0 fully saturated rings. The summed E-state index contributed by atoms with van der Waals surface area (Å²) >= 11 is 1.43. The van der Waals surface area contributed by atoms with Crippen molar-refractivity contribution in [3.63, 3.8) is 0 Å². The van der Waals surface area contributed by atoms with Crippen LogP contribution in [-0.2, 0) is 11.3 Å². The molecule has 2 heterocycles. The predicted molar refractivity (Wildman–Crippen MR) is 75.1 cm³/mol. The first-order valence-corrected chi connectivity index (χ1v) is 6.57. The van der Waals surface area contributed by atoms with Gasteiger partial charge in [0, 0.05) is 23.1 Å². The summed E-state index contributed by atoms with van der Waals surface area (Å²) in [4.78, 5) is 23.1. The molecule has 0 atom stereocenters. The van der Waals surface area contributed by atoms with Crippen LogP contribution in [0.4, 0.5) is 0 Å².